The summed E-state index contributed by atoms with van der Waals surface area (Å²) in [5.74, 6) is -2.76. The molecule has 1 aliphatic rings. The van der Waals surface area contributed by atoms with Crippen LogP contribution in [0.4, 0.5) is 18.9 Å². The van der Waals surface area contributed by atoms with Gasteiger partial charge in [0, 0.05) is 11.7 Å². The molecule has 1 aliphatic carbocycles. The minimum atomic E-state index is -5.08. The van der Waals surface area contributed by atoms with E-state index < -0.39 is 12.1 Å². The molecule has 1 fully saturated rings. The summed E-state index contributed by atoms with van der Waals surface area (Å²) in [5, 5.41) is 10.7. The van der Waals surface area contributed by atoms with Gasteiger partial charge in [-0.1, -0.05) is 30.5 Å². The van der Waals surface area contributed by atoms with E-state index in [-0.39, 0.29) is 0 Å². The number of alkyl halides is 3. The predicted molar refractivity (Wildman–Crippen MR) is 70.7 cm³/mol. The van der Waals surface area contributed by atoms with Crippen molar-refractivity contribution in [1.29, 1.82) is 0 Å². The molecule has 112 valence electrons. The summed E-state index contributed by atoms with van der Waals surface area (Å²) in [5.41, 5.74) is 2.61. The Kier molecular flexibility index (Phi) is 5.85. The summed E-state index contributed by atoms with van der Waals surface area (Å²) in [6.07, 6.45) is 0.384. The van der Waals surface area contributed by atoms with Crippen LogP contribution in [0.5, 0.6) is 0 Å². The molecule has 0 heterocycles. The number of hydrogen-bond donors (Lipinski definition) is 2. The van der Waals surface area contributed by atoms with Gasteiger partial charge in [-0.2, -0.15) is 13.2 Å². The molecule has 2 rings (SSSR count). The zero-order valence-corrected chi connectivity index (χ0v) is 11.2. The second-order valence-electron chi connectivity index (χ2n) is 4.79. The molecule has 6 heteroatoms. The third-order valence-electron chi connectivity index (χ3n) is 3.02. The van der Waals surface area contributed by atoms with Gasteiger partial charge >= 0.3 is 12.1 Å². The first kappa shape index (κ1) is 16.3. The smallest absolute Gasteiger partial charge is 0.475 e. The van der Waals surface area contributed by atoms with Gasteiger partial charge in [0.05, 0.1) is 0 Å². The molecule has 20 heavy (non-hydrogen) atoms. The highest BCUT2D eigenvalue weighted by molar-refractivity contribution is 5.73. The van der Waals surface area contributed by atoms with Crippen LogP contribution in [0.25, 0.3) is 0 Å². The van der Waals surface area contributed by atoms with E-state index >= 15 is 0 Å². The molecule has 0 spiro atoms. The van der Waals surface area contributed by atoms with Gasteiger partial charge in [-0.05, 0) is 31.9 Å². The molecule has 1 aromatic carbocycles. The van der Waals surface area contributed by atoms with Crippen molar-refractivity contribution in [3.8, 4) is 0 Å². The van der Waals surface area contributed by atoms with E-state index in [1.54, 1.807) is 0 Å². The fourth-order valence-electron chi connectivity index (χ4n) is 1.96. The highest BCUT2D eigenvalue weighted by atomic mass is 19.4. The van der Waals surface area contributed by atoms with Gasteiger partial charge in [0.25, 0.3) is 0 Å². The molecule has 0 unspecified atom stereocenters. The number of anilines is 1. The van der Waals surface area contributed by atoms with Crippen LogP contribution in [0, 0.1) is 6.92 Å². The van der Waals surface area contributed by atoms with E-state index in [0.717, 1.165) is 6.04 Å². The van der Waals surface area contributed by atoms with Gasteiger partial charge < -0.3 is 10.4 Å². The van der Waals surface area contributed by atoms with E-state index in [9.17, 15) is 13.2 Å². The maximum atomic E-state index is 10.6. The Hall–Kier alpha value is -1.72. The van der Waals surface area contributed by atoms with Crippen molar-refractivity contribution < 1.29 is 23.1 Å². The number of hydrogen-bond acceptors (Lipinski definition) is 2. The minimum absolute atomic E-state index is 0.725. The molecule has 0 aliphatic heterocycles. The van der Waals surface area contributed by atoms with Gasteiger partial charge in [-0.3, -0.25) is 0 Å². The number of carboxylic acids is 1. The van der Waals surface area contributed by atoms with Crippen LogP contribution < -0.4 is 5.32 Å². The first-order valence-electron chi connectivity index (χ1n) is 6.42. The van der Waals surface area contributed by atoms with Gasteiger partial charge in [-0.25, -0.2) is 4.79 Å². The Morgan fingerprint density at radius 3 is 2.05 bits per heavy atom. The molecule has 3 nitrogen and oxygen atoms in total. The van der Waals surface area contributed by atoms with Gasteiger partial charge in [0.2, 0.25) is 0 Å². The van der Waals surface area contributed by atoms with Crippen molar-refractivity contribution in [3.63, 3.8) is 0 Å². The maximum absolute atomic E-state index is 10.6. The Morgan fingerprint density at radius 1 is 1.20 bits per heavy atom. The molecule has 1 saturated carbocycles. The van der Waals surface area contributed by atoms with Crippen molar-refractivity contribution in [2.45, 2.75) is 44.8 Å². The van der Waals surface area contributed by atoms with Crippen LogP contribution in [0.2, 0.25) is 0 Å². The van der Waals surface area contributed by atoms with Crippen molar-refractivity contribution in [2.75, 3.05) is 5.32 Å². The predicted octanol–water partition coefficient (Wildman–Crippen LogP) is 3.98. The van der Waals surface area contributed by atoms with Crippen LogP contribution in [0.15, 0.2) is 24.3 Å². The van der Waals surface area contributed by atoms with E-state index in [1.165, 1.54) is 36.9 Å². The largest absolute Gasteiger partial charge is 0.490 e. The number of carboxylic acid groups (broad SMARTS) is 1. The molecule has 0 amide bonds. The molecular weight excluding hydrogens is 271 g/mol. The number of benzene rings is 1. The number of aliphatic carboxylic acids is 1. The van der Waals surface area contributed by atoms with Crippen molar-refractivity contribution in [3.05, 3.63) is 29.8 Å². The first-order chi connectivity index (χ1) is 9.29. The highest BCUT2D eigenvalue weighted by Gasteiger charge is 2.38. The molecule has 0 aromatic heterocycles. The summed E-state index contributed by atoms with van der Waals surface area (Å²) < 4.78 is 31.7. The van der Waals surface area contributed by atoms with Crippen LogP contribution in [-0.2, 0) is 4.79 Å². The van der Waals surface area contributed by atoms with E-state index in [4.69, 9.17) is 9.90 Å². The van der Waals surface area contributed by atoms with E-state index in [1.807, 2.05) is 0 Å². The summed E-state index contributed by atoms with van der Waals surface area (Å²) >= 11 is 0. The quantitative estimate of drug-likeness (QED) is 0.865. The number of aryl methyl sites for hydroxylation is 1. The number of carbonyl (C=O) groups is 1. The average molecular weight is 289 g/mol. The third-order valence-corrected chi connectivity index (χ3v) is 3.02. The van der Waals surface area contributed by atoms with Gasteiger partial charge in [-0.15, -0.1) is 0 Å². The lowest BCUT2D eigenvalue weighted by Gasteiger charge is -2.13. The lowest BCUT2D eigenvalue weighted by molar-refractivity contribution is -0.192. The van der Waals surface area contributed by atoms with Gasteiger partial charge in [0.15, 0.2) is 0 Å². The number of halogens is 3. The van der Waals surface area contributed by atoms with Crippen LogP contribution in [0.1, 0.15) is 31.2 Å². The monoisotopic (exact) mass is 289 g/mol. The van der Waals surface area contributed by atoms with Crippen molar-refractivity contribution in [1.82, 2.24) is 0 Å². The molecule has 0 radical (unpaired) electrons. The Bertz CT molecular complexity index is 423. The molecule has 0 atom stereocenters. The van der Waals surface area contributed by atoms with E-state index in [0.29, 0.717) is 0 Å². The normalized spacial score (nSPS) is 15.4. The van der Waals surface area contributed by atoms with Crippen LogP contribution in [-0.4, -0.2) is 23.3 Å². The molecular formula is C14H18F3NO2. The fourth-order valence-corrected chi connectivity index (χ4v) is 1.96. The van der Waals surface area contributed by atoms with Crippen LogP contribution in [0.3, 0.4) is 0 Å². The van der Waals surface area contributed by atoms with E-state index in [2.05, 4.69) is 36.5 Å². The summed E-state index contributed by atoms with van der Waals surface area (Å²) in [4.78, 5) is 8.90. The lowest BCUT2D eigenvalue weighted by atomic mass is 10.2. The van der Waals surface area contributed by atoms with Crippen LogP contribution >= 0.6 is 0 Å². The highest BCUT2D eigenvalue weighted by Crippen LogP contribution is 2.22. The SMILES string of the molecule is Cc1ccc(NC2CCCC2)cc1.O=C(O)C(F)(F)F. The zero-order chi connectivity index (χ0) is 15.2. The topological polar surface area (TPSA) is 49.3 Å². The Morgan fingerprint density at radius 2 is 1.65 bits per heavy atom. The Balaban J connectivity index is 0.000000246. The number of nitrogens with one attached hydrogen (secondary N) is 1. The van der Waals surface area contributed by atoms with Crippen molar-refractivity contribution >= 4 is 11.7 Å². The minimum Gasteiger partial charge on any atom is -0.475 e. The molecule has 0 saturated heterocycles. The zero-order valence-electron chi connectivity index (χ0n) is 11.2. The summed E-state index contributed by atoms with van der Waals surface area (Å²) in [7, 11) is 0. The second kappa shape index (κ2) is 7.17. The third kappa shape index (κ3) is 5.95. The standard InChI is InChI=1S/C12H17N.C2HF3O2/c1-10-6-8-12(9-7-10)13-11-4-2-3-5-11;3-2(4,5)1(6)7/h6-9,11,13H,2-5H2,1H3;(H,6,7). The summed E-state index contributed by atoms with van der Waals surface area (Å²) in [6.45, 7) is 2.12. The van der Waals surface area contributed by atoms with Crippen molar-refractivity contribution in [2.24, 2.45) is 0 Å². The van der Waals surface area contributed by atoms with Gasteiger partial charge in [0.1, 0.15) is 0 Å². The fraction of sp³-hybridized carbons (Fsp3) is 0.500. The second-order valence-corrected chi connectivity index (χ2v) is 4.79. The Labute approximate surface area is 115 Å². The average Bonchev–Trinajstić information content (AvgIpc) is 2.84. The lowest BCUT2D eigenvalue weighted by Crippen LogP contribution is -2.21. The molecule has 1 aromatic rings. The number of rotatable bonds is 2. The molecule has 0 bridgehead atoms. The maximum Gasteiger partial charge on any atom is 0.490 e. The molecule has 2 N–H and O–H groups in total. The summed E-state index contributed by atoms with van der Waals surface area (Å²) in [6, 6.07) is 9.40. The first-order valence-corrected chi connectivity index (χ1v) is 6.42.